The number of aromatic nitrogens is 3. The second kappa shape index (κ2) is 7.33. The summed E-state index contributed by atoms with van der Waals surface area (Å²) in [5, 5.41) is 13.8. The maximum atomic E-state index is 5.74. The lowest BCUT2D eigenvalue weighted by molar-refractivity contribution is 0.290. The van der Waals surface area contributed by atoms with Gasteiger partial charge in [0.05, 0.1) is 6.21 Å². The molecule has 0 fully saturated rings. The SMILES string of the molecule is S=c1[nH]nc(COc2ccccc2)n1N=Cc1cccc2ccccc12. The third-order valence-electron chi connectivity index (χ3n) is 3.96. The molecule has 4 rings (SSSR count). The highest BCUT2D eigenvalue weighted by atomic mass is 32.1. The summed E-state index contributed by atoms with van der Waals surface area (Å²) in [6, 6.07) is 23.9. The van der Waals surface area contributed by atoms with Crippen LogP contribution >= 0.6 is 12.2 Å². The summed E-state index contributed by atoms with van der Waals surface area (Å²) in [5.74, 6) is 1.38. The molecule has 3 aromatic carbocycles. The van der Waals surface area contributed by atoms with Crippen LogP contribution in [0.3, 0.4) is 0 Å². The molecule has 0 aliphatic heterocycles. The van der Waals surface area contributed by atoms with E-state index < -0.39 is 0 Å². The summed E-state index contributed by atoms with van der Waals surface area (Å²) in [5.41, 5.74) is 1.01. The molecular weight excluding hydrogens is 344 g/mol. The van der Waals surface area contributed by atoms with Crippen LogP contribution in [-0.4, -0.2) is 21.1 Å². The molecule has 0 atom stereocenters. The Morgan fingerprint density at radius 3 is 2.65 bits per heavy atom. The smallest absolute Gasteiger partial charge is 0.216 e. The van der Waals surface area contributed by atoms with Gasteiger partial charge in [-0.05, 0) is 35.1 Å². The Kier molecular flexibility index (Phi) is 4.57. The number of para-hydroxylation sites is 1. The van der Waals surface area contributed by atoms with Gasteiger partial charge < -0.3 is 4.74 Å². The summed E-state index contributed by atoms with van der Waals surface area (Å²) >= 11 is 5.29. The molecule has 5 nitrogen and oxygen atoms in total. The molecule has 1 aromatic heterocycles. The highest BCUT2D eigenvalue weighted by molar-refractivity contribution is 7.71. The quantitative estimate of drug-likeness (QED) is 0.419. The third-order valence-corrected chi connectivity index (χ3v) is 4.23. The van der Waals surface area contributed by atoms with E-state index in [1.807, 2.05) is 54.6 Å². The van der Waals surface area contributed by atoms with E-state index >= 15 is 0 Å². The van der Waals surface area contributed by atoms with Crippen LogP contribution in [0.15, 0.2) is 77.9 Å². The van der Waals surface area contributed by atoms with Gasteiger partial charge in [-0.1, -0.05) is 60.7 Å². The van der Waals surface area contributed by atoms with Crippen molar-refractivity contribution in [3.05, 3.63) is 89.0 Å². The second-order valence-electron chi connectivity index (χ2n) is 5.67. The predicted octanol–water partition coefficient (Wildman–Crippen LogP) is 4.56. The Bertz CT molecular complexity index is 1110. The molecule has 4 aromatic rings. The van der Waals surface area contributed by atoms with Crippen molar-refractivity contribution in [2.24, 2.45) is 5.10 Å². The minimum Gasteiger partial charge on any atom is -0.486 e. The first kappa shape index (κ1) is 16.2. The lowest BCUT2D eigenvalue weighted by Gasteiger charge is -2.05. The van der Waals surface area contributed by atoms with Crippen molar-refractivity contribution >= 4 is 29.2 Å². The van der Waals surface area contributed by atoms with Gasteiger partial charge in [-0.25, -0.2) is 5.10 Å². The van der Waals surface area contributed by atoms with Crippen molar-refractivity contribution in [2.75, 3.05) is 0 Å². The van der Waals surface area contributed by atoms with Gasteiger partial charge in [0.25, 0.3) is 0 Å². The van der Waals surface area contributed by atoms with Crippen LogP contribution in [0.5, 0.6) is 5.75 Å². The molecule has 0 bridgehead atoms. The Hall–Kier alpha value is -3.25. The number of hydrogen-bond acceptors (Lipinski definition) is 4. The number of nitrogens with zero attached hydrogens (tertiary/aromatic N) is 3. The summed E-state index contributed by atoms with van der Waals surface area (Å²) in [4.78, 5) is 0. The van der Waals surface area contributed by atoms with Gasteiger partial charge in [0, 0.05) is 5.56 Å². The Morgan fingerprint density at radius 1 is 1.00 bits per heavy atom. The fraction of sp³-hybridized carbons (Fsp3) is 0.0500. The van der Waals surface area contributed by atoms with Crippen LogP contribution in [0.4, 0.5) is 0 Å². The second-order valence-corrected chi connectivity index (χ2v) is 6.06. The normalized spacial score (nSPS) is 11.2. The average Bonchev–Trinajstić information content (AvgIpc) is 3.05. The summed E-state index contributed by atoms with van der Waals surface area (Å²) in [6.07, 6.45) is 1.79. The van der Waals surface area contributed by atoms with Crippen molar-refractivity contribution in [3.63, 3.8) is 0 Å². The molecule has 0 aliphatic carbocycles. The number of hydrogen-bond donors (Lipinski definition) is 1. The molecule has 0 amide bonds. The molecule has 6 heteroatoms. The van der Waals surface area contributed by atoms with Gasteiger partial charge in [-0.3, -0.25) is 0 Å². The first-order chi connectivity index (χ1) is 12.8. The van der Waals surface area contributed by atoms with Crippen LogP contribution in [0.25, 0.3) is 10.8 Å². The minimum atomic E-state index is 0.268. The van der Waals surface area contributed by atoms with E-state index in [1.54, 1.807) is 10.9 Å². The van der Waals surface area contributed by atoms with E-state index in [0.717, 1.165) is 16.7 Å². The topological polar surface area (TPSA) is 55.2 Å². The highest BCUT2D eigenvalue weighted by Crippen LogP contribution is 2.17. The number of aromatic amines is 1. The van der Waals surface area contributed by atoms with E-state index in [2.05, 4.69) is 33.5 Å². The maximum absolute atomic E-state index is 5.74. The zero-order chi connectivity index (χ0) is 17.8. The van der Waals surface area contributed by atoms with Crippen LogP contribution in [0, 0.1) is 4.77 Å². The summed E-state index contributed by atoms with van der Waals surface area (Å²) < 4.78 is 7.75. The average molecular weight is 360 g/mol. The number of rotatable bonds is 5. The minimum absolute atomic E-state index is 0.268. The maximum Gasteiger partial charge on any atom is 0.216 e. The molecule has 0 aliphatic rings. The Labute approximate surface area is 155 Å². The van der Waals surface area contributed by atoms with Crippen LogP contribution in [0.1, 0.15) is 11.4 Å². The number of ether oxygens (including phenoxy) is 1. The number of H-pyrrole nitrogens is 1. The van der Waals surface area contributed by atoms with Crippen molar-refractivity contribution in [2.45, 2.75) is 6.61 Å². The van der Waals surface area contributed by atoms with Gasteiger partial charge >= 0.3 is 0 Å². The Balaban J connectivity index is 1.61. The molecular formula is C20H16N4OS. The lowest BCUT2D eigenvalue weighted by Crippen LogP contribution is -2.04. The van der Waals surface area contributed by atoms with E-state index in [4.69, 9.17) is 17.0 Å². The summed E-state index contributed by atoms with van der Waals surface area (Å²) in [6.45, 7) is 0.268. The van der Waals surface area contributed by atoms with E-state index in [0.29, 0.717) is 10.6 Å². The van der Waals surface area contributed by atoms with E-state index in [1.165, 1.54) is 5.39 Å². The molecule has 0 unspecified atom stereocenters. The van der Waals surface area contributed by atoms with E-state index in [9.17, 15) is 0 Å². The Morgan fingerprint density at radius 2 is 1.77 bits per heavy atom. The highest BCUT2D eigenvalue weighted by Gasteiger charge is 2.06. The predicted molar refractivity (Wildman–Crippen MR) is 105 cm³/mol. The van der Waals surface area contributed by atoms with Gasteiger partial charge in [0.2, 0.25) is 4.77 Å². The molecule has 0 saturated carbocycles. The number of nitrogens with one attached hydrogen (secondary N) is 1. The largest absolute Gasteiger partial charge is 0.486 e. The molecule has 26 heavy (non-hydrogen) atoms. The summed E-state index contributed by atoms with van der Waals surface area (Å²) in [7, 11) is 0. The van der Waals surface area contributed by atoms with Gasteiger partial charge in [0.15, 0.2) is 5.82 Å². The van der Waals surface area contributed by atoms with Gasteiger partial charge in [-0.2, -0.15) is 14.9 Å². The molecule has 0 radical (unpaired) electrons. The monoisotopic (exact) mass is 360 g/mol. The van der Waals surface area contributed by atoms with E-state index in [-0.39, 0.29) is 6.61 Å². The number of benzene rings is 3. The van der Waals surface area contributed by atoms with Crippen molar-refractivity contribution in [1.29, 1.82) is 0 Å². The zero-order valence-electron chi connectivity index (χ0n) is 13.9. The molecule has 1 heterocycles. The molecule has 128 valence electrons. The molecule has 1 N–H and O–H groups in total. The zero-order valence-corrected chi connectivity index (χ0v) is 14.7. The standard InChI is InChI=1S/C20H16N4OS/c26-20-23-22-19(14-25-17-10-2-1-3-11-17)24(20)21-13-16-9-6-8-15-7-4-5-12-18(15)16/h1-13H,14H2,(H,23,26). The molecule has 0 saturated heterocycles. The van der Waals surface area contributed by atoms with Crippen molar-refractivity contribution in [3.8, 4) is 5.75 Å². The van der Waals surface area contributed by atoms with Crippen LogP contribution < -0.4 is 4.74 Å². The lowest BCUT2D eigenvalue weighted by atomic mass is 10.1. The first-order valence-corrected chi connectivity index (χ1v) is 8.58. The number of fused-ring (bicyclic) bond motifs is 1. The first-order valence-electron chi connectivity index (χ1n) is 8.17. The van der Waals surface area contributed by atoms with Crippen LogP contribution in [-0.2, 0) is 6.61 Å². The molecule has 0 spiro atoms. The fourth-order valence-corrected chi connectivity index (χ4v) is 2.88. The van der Waals surface area contributed by atoms with Gasteiger partial charge in [0.1, 0.15) is 12.4 Å². The van der Waals surface area contributed by atoms with Crippen LogP contribution in [0.2, 0.25) is 0 Å². The van der Waals surface area contributed by atoms with Crippen molar-refractivity contribution in [1.82, 2.24) is 14.9 Å². The van der Waals surface area contributed by atoms with Crippen molar-refractivity contribution < 1.29 is 4.74 Å². The fourth-order valence-electron chi connectivity index (χ4n) is 2.68. The third kappa shape index (κ3) is 3.41. The van der Waals surface area contributed by atoms with Gasteiger partial charge in [-0.15, -0.1) is 0 Å².